The van der Waals surface area contributed by atoms with Gasteiger partial charge in [0, 0.05) is 36.6 Å². The minimum atomic E-state index is -1.25. The van der Waals surface area contributed by atoms with E-state index in [1.807, 2.05) is 0 Å². The molecule has 0 N–H and O–H groups in total. The van der Waals surface area contributed by atoms with Crippen molar-refractivity contribution in [2.75, 3.05) is 0 Å². The van der Waals surface area contributed by atoms with Crippen LogP contribution in [0.3, 0.4) is 0 Å². The maximum atomic E-state index is 11.2. The summed E-state index contributed by atoms with van der Waals surface area (Å²) in [5.74, 6) is -1.25. The van der Waals surface area contributed by atoms with Crippen LogP contribution < -0.4 is 40.2 Å². The van der Waals surface area contributed by atoms with E-state index >= 15 is 0 Å². The molecule has 0 bridgehead atoms. The molecule has 0 aliphatic rings. The van der Waals surface area contributed by atoms with Gasteiger partial charge in [-0.05, 0) is 18.2 Å². The van der Waals surface area contributed by atoms with Crippen LogP contribution in [0.2, 0.25) is 0 Å². The smallest absolute Gasteiger partial charge is 0.545 e. The summed E-state index contributed by atoms with van der Waals surface area (Å²) in [5.41, 5.74) is 1.09. The first kappa shape index (κ1) is 14.6. The van der Waals surface area contributed by atoms with Crippen molar-refractivity contribution < 1.29 is 39.5 Å². The minimum absolute atomic E-state index is 0. The van der Waals surface area contributed by atoms with Gasteiger partial charge in [-0.1, -0.05) is 0 Å². The number of rotatable bonds is 2. The SMILES string of the molecule is Cn1cc(-c2cc(C(=O)[O-])ccn2)ccc1=O.[Na+]. The molecule has 0 aliphatic heterocycles. The Balaban J connectivity index is 0.00000162. The molecule has 0 unspecified atom stereocenters. The number of aromatic carboxylic acids is 1. The fourth-order valence-electron chi connectivity index (χ4n) is 1.46. The molecule has 2 aromatic heterocycles. The first-order valence-corrected chi connectivity index (χ1v) is 4.92. The third-order valence-electron chi connectivity index (χ3n) is 2.38. The summed E-state index contributed by atoms with van der Waals surface area (Å²) in [4.78, 5) is 26.0. The first-order valence-electron chi connectivity index (χ1n) is 4.92. The average molecular weight is 252 g/mol. The maximum Gasteiger partial charge on any atom is 1.00 e. The summed E-state index contributed by atoms with van der Waals surface area (Å²) >= 11 is 0. The predicted molar refractivity (Wildman–Crippen MR) is 59.2 cm³/mol. The molecule has 0 saturated carbocycles. The average Bonchev–Trinajstić information content (AvgIpc) is 2.33. The van der Waals surface area contributed by atoms with Crippen LogP contribution in [0.1, 0.15) is 10.4 Å². The second-order valence-electron chi connectivity index (χ2n) is 3.58. The number of hydrogen-bond acceptors (Lipinski definition) is 4. The van der Waals surface area contributed by atoms with Gasteiger partial charge in [0.05, 0.1) is 11.7 Å². The zero-order chi connectivity index (χ0) is 12.4. The van der Waals surface area contributed by atoms with Crippen LogP contribution in [0.5, 0.6) is 0 Å². The fraction of sp³-hybridized carbons (Fsp3) is 0.0833. The molecule has 86 valence electrons. The molecule has 2 heterocycles. The number of carbonyl (C=O) groups is 1. The summed E-state index contributed by atoms with van der Waals surface area (Å²) in [5, 5.41) is 10.7. The van der Waals surface area contributed by atoms with E-state index < -0.39 is 5.97 Å². The van der Waals surface area contributed by atoms with Crippen molar-refractivity contribution in [2.24, 2.45) is 7.05 Å². The molecule has 0 atom stereocenters. The second-order valence-corrected chi connectivity index (χ2v) is 3.58. The van der Waals surface area contributed by atoms with Gasteiger partial charge in [-0.2, -0.15) is 0 Å². The Morgan fingerprint density at radius 3 is 2.67 bits per heavy atom. The van der Waals surface area contributed by atoms with E-state index in [0.717, 1.165) is 0 Å². The molecule has 2 rings (SSSR count). The number of carbonyl (C=O) groups excluding carboxylic acids is 1. The largest absolute Gasteiger partial charge is 1.00 e. The predicted octanol–water partition coefficient (Wildman–Crippen LogP) is -3.19. The maximum absolute atomic E-state index is 11.2. The van der Waals surface area contributed by atoms with Gasteiger partial charge < -0.3 is 14.5 Å². The summed E-state index contributed by atoms with van der Waals surface area (Å²) in [6, 6.07) is 5.78. The third kappa shape index (κ3) is 3.07. The van der Waals surface area contributed by atoms with E-state index in [1.165, 1.54) is 29.0 Å². The molecule has 6 heteroatoms. The monoisotopic (exact) mass is 252 g/mol. The van der Waals surface area contributed by atoms with Gasteiger partial charge in [0.25, 0.3) is 0 Å². The van der Waals surface area contributed by atoms with Crippen molar-refractivity contribution in [3.05, 3.63) is 52.6 Å². The molecular formula is C12H9N2NaO3. The Morgan fingerprint density at radius 2 is 2.06 bits per heavy atom. The molecule has 2 aromatic rings. The molecular weight excluding hydrogens is 243 g/mol. The second kappa shape index (κ2) is 5.95. The Hall–Kier alpha value is -1.43. The molecule has 0 fully saturated rings. The van der Waals surface area contributed by atoms with Gasteiger partial charge >= 0.3 is 29.6 Å². The number of aryl methyl sites for hydroxylation is 1. The van der Waals surface area contributed by atoms with Crippen molar-refractivity contribution in [3.63, 3.8) is 0 Å². The van der Waals surface area contributed by atoms with Crippen LogP contribution >= 0.6 is 0 Å². The third-order valence-corrected chi connectivity index (χ3v) is 2.38. The summed E-state index contributed by atoms with van der Waals surface area (Å²) in [6.07, 6.45) is 3.00. The fourth-order valence-corrected chi connectivity index (χ4v) is 1.46. The topological polar surface area (TPSA) is 75.0 Å². The molecule has 18 heavy (non-hydrogen) atoms. The molecule has 0 saturated heterocycles. The van der Waals surface area contributed by atoms with Crippen LogP contribution in [0.15, 0.2) is 41.5 Å². The van der Waals surface area contributed by atoms with Gasteiger partial charge in [-0.15, -0.1) is 0 Å². The van der Waals surface area contributed by atoms with Crippen molar-refractivity contribution in [1.82, 2.24) is 9.55 Å². The van der Waals surface area contributed by atoms with Crippen molar-refractivity contribution in [2.45, 2.75) is 0 Å². The Kier molecular flexibility index (Phi) is 4.84. The Labute approximate surface area is 125 Å². The number of carboxylic acids is 1. The Bertz CT molecular complexity index is 637. The van der Waals surface area contributed by atoms with Gasteiger partial charge in [0.15, 0.2) is 0 Å². The van der Waals surface area contributed by atoms with E-state index in [0.29, 0.717) is 11.3 Å². The number of nitrogens with zero attached hydrogens (tertiary/aromatic N) is 2. The Morgan fingerprint density at radius 1 is 1.33 bits per heavy atom. The van der Waals surface area contributed by atoms with E-state index in [2.05, 4.69) is 4.98 Å². The van der Waals surface area contributed by atoms with Crippen molar-refractivity contribution in [1.29, 1.82) is 0 Å². The standard InChI is InChI=1S/C12H10N2O3.Na/c1-14-7-9(2-3-11(14)15)10-6-8(12(16)17)4-5-13-10;/h2-7H,1H3,(H,16,17);/q;+1/p-1. The normalized spacial score (nSPS) is 9.61. The molecule has 0 aliphatic carbocycles. The summed E-state index contributed by atoms with van der Waals surface area (Å²) in [6.45, 7) is 0. The van der Waals surface area contributed by atoms with Crippen LogP contribution in [-0.4, -0.2) is 15.5 Å². The number of carboxylic acid groups (broad SMARTS) is 1. The van der Waals surface area contributed by atoms with Crippen molar-refractivity contribution >= 4 is 5.97 Å². The van der Waals surface area contributed by atoms with Gasteiger partial charge in [-0.25, -0.2) is 0 Å². The van der Waals surface area contributed by atoms with E-state index in [1.54, 1.807) is 19.3 Å². The molecule has 0 spiro atoms. The minimum Gasteiger partial charge on any atom is -0.545 e. The number of hydrogen-bond donors (Lipinski definition) is 0. The van der Waals surface area contributed by atoms with Gasteiger partial charge in [-0.3, -0.25) is 9.78 Å². The number of pyridine rings is 2. The van der Waals surface area contributed by atoms with E-state index in [9.17, 15) is 14.7 Å². The summed E-state index contributed by atoms with van der Waals surface area (Å²) in [7, 11) is 1.62. The zero-order valence-electron chi connectivity index (χ0n) is 10.1. The zero-order valence-corrected chi connectivity index (χ0v) is 12.1. The van der Waals surface area contributed by atoms with Crippen LogP contribution in [0.25, 0.3) is 11.3 Å². The summed E-state index contributed by atoms with van der Waals surface area (Å²) < 4.78 is 1.41. The molecule has 5 nitrogen and oxygen atoms in total. The molecule has 0 amide bonds. The van der Waals surface area contributed by atoms with Crippen LogP contribution in [-0.2, 0) is 7.05 Å². The van der Waals surface area contributed by atoms with E-state index in [4.69, 9.17) is 0 Å². The van der Waals surface area contributed by atoms with Gasteiger partial charge in [0.2, 0.25) is 5.56 Å². The quantitative estimate of drug-likeness (QED) is 0.528. The van der Waals surface area contributed by atoms with Crippen molar-refractivity contribution in [3.8, 4) is 11.3 Å². The molecule has 0 radical (unpaired) electrons. The number of aromatic nitrogens is 2. The van der Waals surface area contributed by atoms with Gasteiger partial charge in [0.1, 0.15) is 0 Å². The first-order chi connectivity index (χ1) is 8.08. The van der Waals surface area contributed by atoms with E-state index in [-0.39, 0.29) is 40.7 Å². The molecule has 0 aromatic carbocycles. The van der Waals surface area contributed by atoms with Crippen LogP contribution in [0.4, 0.5) is 0 Å². The van der Waals surface area contributed by atoms with Crippen LogP contribution in [0, 0.1) is 0 Å².